The smallest absolute Gasteiger partial charge is 0.144 e. The van der Waals surface area contributed by atoms with Gasteiger partial charge in [-0.25, -0.2) is 0 Å². The second kappa shape index (κ2) is 6.18. The quantitative estimate of drug-likeness (QED) is 0.595. The van der Waals surface area contributed by atoms with Crippen molar-refractivity contribution in [3.63, 3.8) is 0 Å². The van der Waals surface area contributed by atoms with Gasteiger partial charge in [0.05, 0.1) is 11.1 Å². The molecule has 0 aliphatic rings. The molecule has 0 aliphatic carbocycles. The Morgan fingerprint density at radius 3 is 2.67 bits per heavy atom. The van der Waals surface area contributed by atoms with Crippen molar-refractivity contribution >= 4 is 29.2 Å². The van der Waals surface area contributed by atoms with E-state index < -0.39 is 0 Å². The Hall–Kier alpha value is -0.475. The summed E-state index contributed by atoms with van der Waals surface area (Å²) in [6.45, 7) is 6.01. The number of benzene rings is 1. The average Bonchev–Trinajstić information content (AvgIpc) is 2.15. The lowest BCUT2D eigenvalue weighted by Crippen LogP contribution is -2.14. The number of ether oxygens (including phenoxy) is 2. The Morgan fingerprint density at radius 2 is 2.07 bits per heavy atom. The third-order valence-corrected chi connectivity index (χ3v) is 2.64. The molecule has 0 aliphatic heterocycles. The van der Waals surface area contributed by atoms with Crippen LogP contribution < -0.4 is 10.2 Å². The van der Waals surface area contributed by atoms with E-state index in [2.05, 4.69) is 35.0 Å². The molecule has 1 rings (SSSR count). The van der Waals surface area contributed by atoms with Crippen molar-refractivity contribution in [2.45, 2.75) is 13.8 Å². The summed E-state index contributed by atoms with van der Waals surface area (Å²) in [4.78, 5) is 0. The van der Waals surface area contributed by atoms with Gasteiger partial charge in [0, 0.05) is 6.61 Å². The lowest BCUT2D eigenvalue weighted by molar-refractivity contribution is 0.110. The predicted molar refractivity (Wildman–Crippen MR) is 69.0 cm³/mol. The summed E-state index contributed by atoms with van der Waals surface area (Å²) in [5.74, 6) is 0.917. The Morgan fingerprint density at radius 1 is 1.33 bits per heavy atom. The summed E-state index contributed by atoms with van der Waals surface area (Å²) in [6.07, 6.45) is 0. The molecule has 2 nitrogen and oxygen atoms in total. The fourth-order valence-corrected chi connectivity index (χ4v) is 2.22. The molecule has 0 bridgehead atoms. The minimum absolute atomic E-state index is 0.594. The van der Waals surface area contributed by atoms with E-state index in [4.69, 9.17) is 9.47 Å². The van der Waals surface area contributed by atoms with Gasteiger partial charge in [0.1, 0.15) is 20.2 Å². The van der Waals surface area contributed by atoms with Crippen molar-refractivity contribution in [2.75, 3.05) is 19.8 Å². The molecule has 4 heteroatoms. The van der Waals surface area contributed by atoms with Gasteiger partial charge in [-0.05, 0) is 41.3 Å². The summed E-state index contributed by atoms with van der Waals surface area (Å²) in [6, 6.07) is 4.17. The first-order valence-corrected chi connectivity index (χ1v) is 5.91. The summed E-state index contributed by atoms with van der Waals surface area (Å²) in [5.41, 5.74) is 2.38. The zero-order valence-corrected chi connectivity index (χ0v) is 11.1. The maximum atomic E-state index is 5.65. The number of hydrogen-bond acceptors (Lipinski definition) is 2. The van der Waals surface area contributed by atoms with Crippen LogP contribution in [0, 0.1) is 6.92 Å². The summed E-state index contributed by atoms with van der Waals surface area (Å²) in [5, 5.41) is 0. The maximum absolute atomic E-state index is 5.65. The van der Waals surface area contributed by atoms with E-state index >= 15 is 0 Å². The monoisotopic (exact) mass is 270 g/mol. The van der Waals surface area contributed by atoms with Gasteiger partial charge in [0.25, 0.3) is 0 Å². The maximum Gasteiger partial charge on any atom is 0.144 e. The Kier molecular flexibility index (Phi) is 5.19. The first-order valence-electron chi connectivity index (χ1n) is 5.12. The zero-order chi connectivity index (χ0) is 11.3. The van der Waals surface area contributed by atoms with Gasteiger partial charge in [-0.3, -0.25) is 0 Å². The van der Waals surface area contributed by atoms with Gasteiger partial charge in [-0.1, -0.05) is 11.6 Å². The highest BCUT2D eigenvalue weighted by molar-refractivity contribution is 9.10. The van der Waals surface area contributed by atoms with E-state index in [1.54, 1.807) is 0 Å². The lowest BCUT2D eigenvalue weighted by atomic mass is 9.93. The van der Waals surface area contributed by atoms with E-state index in [1.165, 1.54) is 5.56 Å². The Balaban J connectivity index is 2.60. The second-order valence-electron chi connectivity index (χ2n) is 3.44. The van der Waals surface area contributed by atoms with Crippen molar-refractivity contribution in [3.05, 3.63) is 22.2 Å². The molecule has 0 radical (unpaired) electrons. The topological polar surface area (TPSA) is 18.5 Å². The number of aryl methyl sites for hydroxylation is 1. The fourth-order valence-electron chi connectivity index (χ4n) is 1.43. The Bertz CT molecular complexity index is 305. The van der Waals surface area contributed by atoms with Crippen LogP contribution in [-0.4, -0.2) is 27.7 Å². The first kappa shape index (κ1) is 12.6. The molecule has 0 aromatic heterocycles. The van der Waals surface area contributed by atoms with Gasteiger partial charge in [-0.2, -0.15) is 0 Å². The first-order chi connectivity index (χ1) is 7.15. The third-order valence-electron chi connectivity index (χ3n) is 2.05. The summed E-state index contributed by atoms with van der Waals surface area (Å²) in [7, 11) is 2.05. The normalized spacial score (nSPS) is 10.3. The van der Waals surface area contributed by atoms with Crippen LogP contribution in [0.4, 0.5) is 0 Å². The van der Waals surface area contributed by atoms with Crippen LogP contribution in [-0.2, 0) is 4.74 Å². The molecule has 0 heterocycles. The molecular weight excluding hydrogens is 255 g/mol. The molecule has 0 amide bonds. The van der Waals surface area contributed by atoms with Gasteiger partial charge in [0.2, 0.25) is 0 Å². The van der Waals surface area contributed by atoms with Crippen LogP contribution in [0.2, 0.25) is 0 Å². The van der Waals surface area contributed by atoms with E-state index in [-0.39, 0.29) is 0 Å². The van der Waals surface area contributed by atoms with Crippen LogP contribution in [0.1, 0.15) is 12.5 Å². The van der Waals surface area contributed by atoms with E-state index in [1.807, 2.05) is 14.8 Å². The second-order valence-corrected chi connectivity index (χ2v) is 4.29. The third kappa shape index (κ3) is 3.88. The summed E-state index contributed by atoms with van der Waals surface area (Å²) < 4.78 is 11.9. The van der Waals surface area contributed by atoms with Gasteiger partial charge in [0.15, 0.2) is 0 Å². The molecule has 0 N–H and O–H groups in total. The SMILES string of the molecule is Bc1cc(C)cc(Br)c1OCCOCC. The van der Waals surface area contributed by atoms with Crippen LogP contribution in [0.3, 0.4) is 0 Å². The van der Waals surface area contributed by atoms with Crippen LogP contribution >= 0.6 is 15.9 Å². The number of hydrogen-bond donors (Lipinski definition) is 0. The predicted octanol–water partition coefficient (Wildman–Crippen LogP) is 1.43. The standard InChI is InChI=1S/C11H16BBrO2/c1-3-14-4-5-15-11-9(12)6-8(2)7-10(11)13/h6-7H,3-5,12H2,1-2H3. The molecule has 15 heavy (non-hydrogen) atoms. The van der Waals surface area contributed by atoms with Crippen molar-refractivity contribution in [2.24, 2.45) is 0 Å². The molecule has 1 aromatic carbocycles. The number of rotatable bonds is 5. The summed E-state index contributed by atoms with van der Waals surface area (Å²) >= 11 is 3.50. The minimum Gasteiger partial charge on any atom is -0.491 e. The van der Waals surface area contributed by atoms with Gasteiger partial charge >= 0.3 is 0 Å². The molecular formula is C11H16BBrO2. The molecule has 0 fully saturated rings. The van der Waals surface area contributed by atoms with Crippen molar-refractivity contribution < 1.29 is 9.47 Å². The van der Waals surface area contributed by atoms with Crippen molar-refractivity contribution in [3.8, 4) is 5.75 Å². The zero-order valence-electron chi connectivity index (χ0n) is 9.47. The molecule has 82 valence electrons. The van der Waals surface area contributed by atoms with Crippen LogP contribution in [0.15, 0.2) is 16.6 Å². The fraction of sp³-hybridized carbons (Fsp3) is 0.455. The van der Waals surface area contributed by atoms with Crippen LogP contribution in [0.25, 0.3) is 0 Å². The van der Waals surface area contributed by atoms with Crippen molar-refractivity contribution in [1.82, 2.24) is 0 Å². The lowest BCUT2D eigenvalue weighted by Gasteiger charge is -2.12. The largest absolute Gasteiger partial charge is 0.491 e. The molecule has 0 atom stereocenters. The molecule has 0 saturated carbocycles. The molecule has 0 unspecified atom stereocenters. The molecule has 0 saturated heterocycles. The average molecular weight is 271 g/mol. The highest BCUT2D eigenvalue weighted by Crippen LogP contribution is 2.23. The van der Waals surface area contributed by atoms with Crippen molar-refractivity contribution in [1.29, 1.82) is 0 Å². The van der Waals surface area contributed by atoms with Gasteiger partial charge < -0.3 is 9.47 Å². The highest BCUT2D eigenvalue weighted by Gasteiger charge is 2.05. The van der Waals surface area contributed by atoms with E-state index in [0.717, 1.165) is 22.3 Å². The highest BCUT2D eigenvalue weighted by atomic mass is 79.9. The molecule has 1 aromatic rings. The minimum atomic E-state index is 0.594. The number of halogens is 1. The van der Waals surface area contributed by atoms with E-state index in [9.17, 15) is 0 Å². The van der Waals surface area contributed by atoms with Crippen LogP contribution in [0.5, 0.6) is 5.75 Å². The van der Waals surface area contributed by atoms with E-state index in [0.29, 0.717) is 13.2 Å². The Labute approximate surface area is 101 Å². The molecule has 0 spiro atoms. The van der Waals surface area contributed by atoms with Gasteiger partial charge in [-0.15, -0.1) is 0 Å².